The van der Waals surface area contributed by atoms with Gasteiger partial charge < -0.3 is 14.5 Å². The first-order valence-electron chi connectivity index (χ1n) is 13.6. The third-order valence-corrected chi connectivity index (χ3v) is 8.75. The minimum Gasteiger partial charge on any atom is -0.444 e. The van der Waals surface area contributed by atoms with E-state index in [1.165, 1.54) is 29.3 Å². The smallest absolute Gasteiger partial charge is 0.410 e. The second-order valence-corrected chi connectivity index (χ2v) is 13.5. The van der Waals surface area contributed by atoms with E-state index >= 15 is 4.39 Å². The Hall–Kier alpha value is -4.17. The summed E-state index contributed by atoms with van der Waals surface area (Å²) in [4.78, 5) is 29.1. The predicted molar refractivity (Wildman–Crippen MR) is 157 cm³/mol. The zero-order valence-electron chi connectivity index (χ0n) is 24.6. The molecule has 9 nitrogen and oxygen atoms in total. The molecule has 1 fully saturated rings. The molecule has 0 atom stereocenters. The zero-order chi connectivity index (χ0) is 31.0. The number of carbonyl (C=O) groups excluding carboxylic acids is 2. The normalized spacial score (nSPS) is 15.0. The molecule has 4 rings (SSSR count). The number of Topliss-reactive ketones (excluding diaryl/α,β-unsaturated/α-hetero) is 1. The molecule has 0 unspecified atom stereocenters. The molecule has 2 heterocycles. The lowest BCUT2D eigenvalue weighted by Crippen LogP contribution is -2.41. The Balaban J connectivity index is 1.80. The van der Waals surface area contributed by atoms with Crippen molar-refractivity contribution in [1.29, 1.82) is 5.26 Å². The number of likely N-dealkylation sites (tertiary alicyclic amines) is 1. The van der Waals surface area contributed by atoms with Crippen LogP contribution in [0.15, 0.2) is 59.1 Å². The Morgan fingerprint density at radius 3 is 2.26 bits per heavy atom. The minimum atomic E-state index is -4.35. The van der Waals surface area contributed by atoms with Crippen molar-refractivity contribution in [1.82, 2.24) is 13.8 Å². The van der Waals surface area contributed by atoms with Gasteiger partial charge in [-0.2, -0.15) is 5.26 Å². The van der Waals surface area contributed by atoms with Gasteiger partial charge >= 0.3 is 6.09 Å². The lowest BCUT2D eigenvalue weighted by Gasteiger charge is -2.33. The van der Waals surface area contributed by atoms with Gasteiger partial charge in [0.05, 0.1) is 10.4 Å². The summed E-state index contributed by atoms with van der Waals surface area (Å²) in [6, 6.07) is 12.1. The summed E-state index contributed by atoms with van der Waals surface area (Å²) in [6.07, 6.45) is 1.87. The highest BCUT2D eigenvalue weighted by atomic mass is 32.2. The number of aromatic nitrogens is 1. The molecule has 3 aromatic rings. The molecule has 0 aliphatic carbocycles. The predicted octanol–water partition coefficient (Wildman–Crippen LogP) is 5.59. The van der Waals surface area contributed by atoms with Gasteiger partial charge in [0.15, 0.2) is 0 Å². The summed E-state index contributed by atoms with van der Waals surface area (Å²) >= 11 is 0. The molecular weight excluding hydrogens is 559 g/mol. The SMILES string of the molecule is Cc1ccc(S(=O)(=O)n2c(C(=O)/C(C#N)=C\N(C)C)cc3cc(C4CCN(C(=O)OC(C)(C)C)CC4)c(F)cc32)cc1. The molecule has 0 bridgehead atoms. The number of hydrogen-bond acceptors (Lipinski definition) is 7. The Morgan fingerprint density at radius 1 is 1.10 bits per heavy atom. The van der Waals surface area contributed by atoms with Gasteiger partial charge in [0.1, 0.15) is 28.8 Å². The van der Waals surface area contributed by atoms with Crippen molar-refractivity contribution < 1.29 is 27.1 Å². The summed E-state index contributed by atoms with van der Waals surface area (Å²) in [5, 5.41) is 10.0. The summed E-state index contributed by atoms with van der Waals surface area (Å²) in [6.45, 7) is 7.96. The Morgan fingerprint density at radius 2 is 1.71 bits per heavy atom. The molecule has 1 aliphatic rings. The largest absolute Gasteiger partial charge is 0.444 e. The number of amides is 1. The standard InChI is InChI=1S/C31H35FN4O5S/c1-20-7-9-24(10-8-20)42(39,40)36-27-17-26(32)25(21-11-13-35(14-12-21)30(38)41-31(2,3)4)15-22(27)16-28(36)29(37)23(18-33)19-34(5)6/h7-10,15-17,19,21H,11-14H2,1-6H3/b23-19-. The molecule has 1 aliphatic heterocycles. The quantitative estimate of drug-likeness (QED) is 0.208. The maximum absolute atomic E-state index is 15.7. The molecule has 42 heavy (non-hydrogen) atoms. The van der Waals surface area contributed by atoms with Gasteiger partial charge in [-0.1, -0.05) is 17.7 Å². The van der Waals surface area contributed by atoms with Gasteiger partial charge in [0.2, 0.25) is 5.78 Å². The van der Waals surface area contributed by atoms with Crippen molar-refractivity contribution in [2.45, 2.75) is 57.0 Å². The van der Waals surface area contributed by atoms with Crippen molar-refractivity contribution in [3.8, 4) is 6.07 Å². The number of hydrogen-bond donors (Lipinski definition) is 0. The van der Waals surface area contributed by atoms with Crippen LogP contribution in [0, 0.1) is 24.1 Å². The highest BCUT2D eigenvalue weighted by Crippen LogP contribution is 2.35. The molecular formula is C31H35FN4O5S. The molecule has 1 amide bonds. The van der Waals surface area contributed by atoms with E-state index in [1.54, 1.807) is 58.0 Å². The van der Waals surface area contributed by atoms with Crippen LogP contribution in [0.25, 0.3) is 10.9 Å². The van der Waals surface area contributed by atoms with Crippen LogP contribution in [0.1, 0.15) is 61.1 Å². The summed E-state index contributed by atoms with van der Waals surface area (Å²) < 4.78 is 49.8. The Labute approximate surface area is 245 Å². The number of aryl methyl sites for hydroxylation is 1. The molecule has 1 aromatic heterocycles. The topological polar surface area (TPSA) is 113 Å². The van der Waals surface area contributed by atoms with Gasteiger partial charge in [-0.3, -0.25) is 4.79 Å². The first-order valence-corrected chi connectivity index (χ1v) is 15.0. The lowest BCUT2D eigenvalue weighted by molar-refractivity contribution is 0.0204. The van der Waals surface area contributed by atoms with E-state index in [4.69, 9.17) is 4.74 Å². The van der Waals surface area contributed by atoms with E-state index in [-0.39, 0.29) is 27.6 Å². The van der Waals surface area contributed by atoms with E-state index in [0.29, 0.717) is 36.9 Å². The van der Waals surface area contributed by atoms with E-state index < -0.39 is 33.3 Å². The molecule has 0 radical (unpaired) electrons. The summed E-state index contributed by atoms with van der Waals surface area (Å²) in [5.41, 5.74) is 0.0547. The van der Waals surface area contributed by atoms with E-state index in [9.17, 15) is 23.3 Å². The van der Waals surface area contributed by atoms with Gasteiger partial charge in [-0.05, 0) is 82.3 Å². The van der Waals surface area contributed by atoms with Crippen molar-refractivity contribution in [2.24, 2.45) is 0 Å². The number of nitrogens with zero attached hydrogens (tertiary/aromatic N) is 4. The lowest BCUT2D eigenvalue weighted by atomic mass is 9.88. The van der Waals surface area contributed by atoms with Crippen molar-refractivity contribution in [3.05, 3.63) is 76.9 Å². The fraction of sp³-hybridized carbons (Fsp3) is 0.387. The van der Waals surface area contributed by atoms with Crippen molar-refractivity contribution in [3.63, 3.8) is 0 Å². The summed E-state index contributed by atoms with van der Waals surface area (Å²) in [5.74, 6) is -1.64. The third kappa shape index (κ3) is 6.34. The summed E-state index contributed by atoms with van der Waals surface area (Å²) in [7, 11) is -1.07. The van der Waals surface area contributed by atoms with Crippen molar-refractivity contribution in [2.75, 3.05) is 27.2 Å². The van der Waals surface area contributed by atoms with Gasteiger partial charge in [0.25, 0.3) is 10.0 Å². The van der Waals surface area contributed by atoms with E-state index in [1.807, 2.05) is 13.0 Å². The molecule has 0 N–H and O–H groups in total. The fourth-order valence-electron chi connectivity index (χ4n) is 5.00. The number of rotatable bonds is 6. The van der Waals surface area contributed by atoms with Crippen LogP contribution in [0.4, 0.5) is 9.18 Å². The van der Waals surface area contributed by atoms with Crippen molar-refractivity contribution >= 4 is 32.8 Å². The highest BCUT2D eigenvalue weighted by Gasteiger charge is 2.32. The number of halogens is 1. The minimum absolute atomic E-state index is 0.00601. The van der Waals surface area contributed by atoms with Crippen LogP contribution >= 0.6 is 0 Å². The maximum atomic E-state index is 15.7. The van der Waals surface area contributed by atoms with Gasteiger partial charge in [-0.15, -0.1) is 0 Å². The number of carbonyl (C=O) groups is 2. The Bertz CT molecular complexity index is 1700. The number of fused-ring (bicyclic) bond motifs is 1. The number of benzene rings is 2. The zero-order valence-corrected chi connectivity index (χ0v) is 25.5. The van der Waals surface area contributed by atoms with Crippen LogP contribution in [0.3, 0.4) is 0 Å². The molecule has 2 aromatic carbocycles. The van der Waals surface area contributed by atoms with Gasteiger partial charge in [0, 0.05) is 38.8 Å². The molecule has 1 saturated heterocycles. The van der Waals surface area contributed by atoms with Gasteiger partial charge in [-0.25, -0.2) is 21.6 Å². The second kappa shape index (κ2) is 11.6. The van der Waals surface area contributed by atoms with E-state index in [0.717, 1.165) is 15.6 Å². The fourth-order valence-corrected chi connectivity index (χ4v) is 6.51. The molecule has 0 spiro atoms. The first-order chi connectivity index (χ1) is 19.6. The molecule has 11 heteroatoms. The average molecular weight is 595 g/mol. The average Bonchev–Trinajstić information content (AvgIpc) is 3.29. The third-order valence-electron chi connectivity index (χ3n) is 7.01. The number of allylic oxidation sites excluding steroid dienone is 1. The Kier molecular flexibility index (Phi) is 8.51. The molecule has 222 valence electrons. The number of ketones is 1. The maximum Gasteiger partial charge on any atom is 0.410 e. The van der Waals surface area contributed by atoms with Crippen LogP contribution < -0.4 is 0 Å². The second-order valence-electron chi connectivity index (χ2n) is 11.7. The number of ether oxygens (including phenoxy) is 1. The highest BCUT2D eigenvalue weighted by molar-refractivity contribution is 7.90. The van der Waals surface area contributed by atoms with Crippen LogP contribution in [-0.4, -0.2) is 66.9 Å². The van der Waals surface area contributed by atoms with Crippen LogP contribution in [0.2, 0.25) is 0 Å². The van der Waals surface area contributed by atoms with E-state index in [2.05, 4.69) is 0 Å². The number of nitriles is 1. The van der Waals surface area contributed by atoms with Crippen LogP contribution in [-0.2, 0) is 14.8 Å². The first kappa shape index (κ1) is 30.8. The number of piperidine rings is 1. The van der Waals surface area contributed by atoms with Crippen LogP contribution in [0.5, 0.6) is 0 Å². The molecule has 0 saturated carbocycles. The monoisotopic (exact) mass is 594 g/mol.